The van der Waals surface area contributed by atoms with Crippen molar-refractivity contribution in [3.8, 4) is 5.69 Å². The second-order valence-corrected chi connectivity index (χ2v) is 7.09. The van der Waals surface area contributed by atoms with Gasteiger partial charge in [-0.25, -0.2) is 14.8 Å². The molecule has 0 atom stereocenters. The Morgan fingerprint density at radius 1 is 1.17 bits per heavy atom. The minimum atomic E-state index is -4.83. The summed E-state index contributed by atoms with van der Waals surface area (Å²) < 4.78 is 49.1. The highest BCUT2D eigenvalue weighted by Gasteiger charge is 2.42. The van der Waals surface area contributed by atoms with Crippen LogP contribution >= 0.6 is 0 Å². The third-order valence-electron chi connectivity index (χ3n) is 4.87. The fourth-order valence-electron chi connectivity index (χ4n) is 3.93. The zero-order valence-corrected chi connectivity index (χ0v) is 16.8. The van der Waals surface area contributed by atoms with Crippen LogP contribution in [0.1, 0.15) is 39.8 Å². The fraction of sp³-hybridized carbons (Fsp3) is 0.286. The molecule has 4 rings (SSSR count). The monoisotopic (exact) mass is 416 g/mol. The molecule has 3 aromatic heterocycles. The molecular weight excluding hydrogens is 397 g/mol. The third-order valence-corrected chi connectivity index (χ3v) is 4.87. The number of hydrogen-bond donors (Lipinski definition) is 0. The number of ether oxygens (including phenoxy) is 1. The third kappa shape index (κ3) is 2.92. The molecule has 0 radical (unpaired) electrons. The summed E-state index contributed by atoms with van der Waals surface area (Å²) in [5.41, 5.74) is 2.20. The predicted molar refractivity (Wildman–Crippen MR) is 105 cm³/mol. The number of nitrogens with zero attached hydrogens (tertiary/aromatic N) is 4. The summed E-state index contributed by atoms with van der Waals surface area (Å²) >= 11 is 0. The van der Waals surface area contributed by atoms with Crippen LogP contribution in [0, 0.1) is 20.8 Å². The van der Waals surface area contributed by atoms with E-state index in [0.29, 0.717) is 16.9 Å². The Hall–Kier alpha value is -3.36. The predicted octanol–water partition coefficient (Wildman–Crippen LogP) is 4.79. The molecule has 0 N–H and O–H groups in total. The van der Waals surface area contributed by atoms with E-state index in [4.69, 9.17) is 4.74 Å². The Bertz CT molecular complexity index is 1280. The highest BCUT2D eigenvalue weighted by atomic mass is 19.4. The summed E-state index contributed by atoms with van der Waals surface area (Å²) in [5.74, 6) is -1.13. The van der Waals surface area contributed by atoms with E-state index in [9.17, 15) is 18.0 Å². The summed E-state index contributed by atoms with van der Waals surface area (Å²) in [6.07, 6.45) is -3.28. The van der Waals surface area contributed by atoms with Gasteiger partial charge in [-0.2, -0.15) is 13.2 Å². The van der Waals surface area contributed by atoms with Crippen molar-refractivity contribution >= 4 is 22.9 Å². The van der Waals surface area contributed by atoms with E-state index in [2.05, 4.69) is 9.97 Å². The molecule has 0 spiro atoms. The van der Waals surface area contributed by atoms with Gasteiger partial charge in [0.2, 0.25) is 5.78 Å². The van der Waals surface area contributed by atoms with Gasteiger partial charge < -0.3 is 4.74 Å². The SMILES string of the molecule is CCOC(=O)c1c(C(F)(F)F)nc2n(-c3c(C)cc(C)cc3C)c3ncccc3n12. The molecule has 4 aromatic rings. The van der Waals surface area contributed by atoms with Crippen molar-refractivity contribution in [1.82, 2.24) is 18.9 Å². The van der Waals surface area contributed by atoms with Gasteiger partial charge in [-0.3, -0.25) is 8.97 Å². The average molecular weight is 416 g/mol. The molecule has 156 valence electrons. The van der Waals surface area contributed by atoms with Gasteiger partial charge >= 0.3 is 12.1 Å². The first-order valence-electron chi connectivity index (χ1n) is 9.35. The van der Waals surface area contributed by atoms with Crippen LogP contribution in [-0.4, -0.2) is 31.5 Å². The smallest absolute Gasteiger partial charge is 0.435 e. The molecule has 3 heterocycles. The van der Waals surface area contributed by atoms with Gasteiger partial charge in [0.25, 0.3) is 0 Å². The Balaban J connectivity index is 2.21. The number of esters is 1. The molecule has 0 unspecified atom stereocenters. The Labute approximate surface area is 169 Å². The lowest BCUT2D eigenvalue weighted by Gasteiger charge is -2.13. The minimum Gasteiger partial charge on any atom is -0.461 e. The number of aromatic nitrogens is 4. The highest BCUT2D eigenvalue weighted by molar-refractivity contribution is 5.94. The lowest BCUT2D eigenvalue weighted by Crippen LogP contribution is -2.16. The quantitative estimate of drug-likeness (QED) is 0.451. The van der Waals surface area contributed by atoms with Crippen molar-refractivity contribution < 1.29 is 22.7 Å². The van der Waals surface area contributed by atoms with Crippen LogP contribution in [-0.2, 0) is 10.9 Å². The summed E-state index contributed by atoms with van der Waals surface area (Å²) in [5, 5.41) is 0. The van der Waals surface area contributed by atoms with Crippen LogP contribution in [0.4, 0.5) is 13.2 Å². The largest absolute Gasteiger partial charge is 0.461 e. The Morgan fingerprint density at radius 3 is 2.43 bits per heavy atom. The number of hydrogen-bond acceptors (Lipinski definition) is 4. The molecule has 0 saturated heterocycles. The van der Waals surface area contributed by atoms with Gasteiger partial charge in [-0.05, 0) is 51.0 Å². The van der Waals surface area contributed by atoms with E-state index in [1.54, 1.807) is 22.9 Å². The Morgan fingerprint density at radius 2 is 1.83 bits per heavy atom. The van der Waals surface area contributed by atoms with Gasteiger partial charge in [0.05, 0.1) is 17.8 Å². The number of fused-ring (bicyclic) bond motifs is 3. The van der Waals surface area contributed by atoms with Crippen molar-refractivity contribution in [3.05, 3.63) is 58.5 Å². The summed E-state index contributed by atoms with van der Waals surface area (Å²) in [4.78, 5) is 20.8. The van der Waals surface area contributed by atoms with Crippen LogP contribution in [0.15, 0.2) is 30.5 Å². The number of benzene rings is 1. The molecule has 0 aliphatic rings. The molecule has 30 heavy (non-hydrogen) atoms. The highest BCUT2D eigenvalue weighted by Crippen LogP contribution is 2.36. The molecule has 1 aromatic carbocycles. The normalized spacial score (nSPS) is 12.1. The first-order valence-corrected chi connectivity index (χ1v) is 9.35. The van der Waals surface area contributed by atoms with E-state index in [0.717, 1.165) is 16.7 Å². The lowest BCUT2D eigenvalue weighted by atomic mass is 10.1. The molecule has 0 bridgehead atoms. The lowest BCUT2D eigenvalue weighted by molar-refractivity contribution is -0.141. The first-order chi connectivity index (χ1) is 14.1. The second-order valence-electron chi connectivity index (χ2n) is 7.09. The molecule has 9 heteroatoms. The van der Waals surface area contributed by atoms with Crippen LogP contribution in [0.3, 0.4) is 0 Å². The number of carbonyl (C=O) groups excluding carboxylic acids is 1. The molecule has 6 nitrogen and oxygen atoms in total. The van der Waals surface area contributed by atoms with Crippen LogP contribution in [0.5, 0.6) is 0 Å². The second kappa shape index (κ2) is 6.86. The number of aryl methyl sites for hydroxylation is 3. The minimum absolute atomic E-state index is 0.0471. The van der Waals surface area contributed by atoms with Gasteiger partial charge in [0, 0.05) is 6.20 Å². The average Bonchev–Trinajstić information content (AvgIpc) is 3.17. The fourth-order valence-corrected chi connectivity index (χ4v) is 3.93. The molecular formula is C21H19F3N4O2. The van der Waals surface area contributed by atoms with E-state index >= 15 is 0 Å². The summed E-state index contributed by atoms with van der Waals surface area (Å²) in [7, 11) is 0. The number of imidazole rings is 2. The maximum atomic E-state index is 13.8. The number of alkyl halides is 3. The van der Waals surface area contributed by atoms with Gasteiger partial charge in [0.15, 0.2) is 17.0 Å². The van der Waals surface area contributed by atoms with Crippen molar-refractivity contribution in [2.45, 2.75) is 33.9 Å². The number of carbonyl (C=O) groups is 1. The van der Waals surface area contributed by atoms with Crippen molar-refractivity contribution in [2.24, 2.45) is 0 Å². The van der Waals surface area contributed by atoms with E-state index in [1.807, 2.05) is 32.9 Å². The molecule has 0 aliphatic carbocycles. The number of halogens is 3. The summed E-state index contributed by atoms with van der Waals surface area (Å²) in [6.45, 7) is 7.17. The number of pyridine rings is 1. The molecule has 0 amide bonds. The van der Waals surface area contributed by atoms with Crippen LogP contribution < -0.4 is 0 Å². The topological polar surface area (TPSA) is 61.4 Å². The van der Waals surface area contributed by atoms with Crippen molar-refractivity contribution in [1.29, 1.82) is 0 Å². The zero-order chi connectivity index (χ0) is 21.8. The zero-order valence-electron chi connectivity index (χ0n) is 16.8. The van der Waals surface area contributed by atoms with E-state index < -0.39 is 23.5 Å². The first kappa shape index (κ1) is 19.9. The molecule has 0 saturated carbocycles. The van der Waals surface area contributed by atoms with Gasteiger partial charge in [-0.1, -0.05) is 17.7 Å². The molecule has 0 fully saturated rings. The van der Waals surface area contributed by atoms with Crippen LogP contribution in [0.25, 0.3) is 22.6 Å². The van der Waals surface area contributed by atoms with Crippen molar-refractivity contribution in [2.75, 3.05) is 6.61 Å². The summed E-state index contributed by atoms with van der Waals surface area (Å²) in [6, 6.07) is 7.08. The van der Waals surface area contributed by atoms with Crippen molar-refractivity contribution in [3.63, 3.8) is 0 Å². The maximum Gasteiger partial charge on any atom is 0.435 e. The van der Waals surface area contributed by atoms with Gasteiger partial charge in [-0.15, -0.1) is 0 Å². The maximum absolute atomic E-state index is 13.8. The van der Waals surface area contributed by atoms with Crippen LogP contribution in [0.2, 0.25) is 0 Å². The van der Waals surface area contributed by atoms with E-state index in [-0.39, 0.29) is 12.4 Å². The van der Waals surface area contributed by atoms with Gasteiger partial charge in [0.1, 0.15) is 0 Å². The Kier molecular flexibility index (Phi) is 4.56. The molecule has 0 aliphatic heterocycles. The standard InChI is InChI=1S/C21H19F3N4O2/c1-5-30-19(29)16-17(21(22,23)24)26-20-27(16)14-7-6-8-25-18(14)28(20)15-12(3)9-11(2)10-13(15)4/h6-10H,5H2,1-4H3. The number of rotatable bonds is 3. The van der Waals surface area contributed by atoms with E-state index in [1.165, 1.54) is 11.3 Å².